The fraction of sp³-hybridized carbons (Fsp3) is 0.588. The molecule has 0 aromatic carbocycles. The fourth-order valence-electron chi connectivity index (χ4n) is 3.24. The Hall–Kier alpha value is -2.34. The van der Waals surface area contributed by atoms with E-state index in [4.69, 9.17) is 4.74 Å². The Balaban J connectivity index is 2.14. The van der Waals surface area contributed by atoms with Gasteiger partial charge in [0, 0.05) is 31.6 Å². The van der Waals surface area contributed by atoms with Gasteiger partial charge in [-0.15, -0.1) is 11.3 Å². The summed E-state index contributed by atoms with van der Waals surface area (Å²) in [5, 5.41) is 2.89. The Morgan fingerprint density at radius 3 is 2.48 bits per heavy atom. The van der Waals surface area contributed by atoms with Crippen LogP contribution in [0.5, 0.6) is 0 Å². The highest BCUT2D eigenvalue weighted by atomic mass is 32.1. The van der Waals surface area contributed by atoms with E-state index in [9.17, 15) is 27.6 Å². The van der Waals surface area contributed by atoms with E-state index in [0.29, 0.717) is 23.5 Å². The van der Waals surface area contributed by atoms with Gasteiger partial charge in [-0.2, -0.15) is 13.2 Å². The van der Waals surface area contributed by atoms with Gasteiger partial charge in [-0.05, 0) is 12.5 Å². The monoisotopic (exact) mass is 434 g/mol. The van der Waals surface area contributed by atoms with Gasteiger partial charge in [-0.1, -0.05) is 0 Å². The number of hydrogen-bond acceptors (Lipinski definition) is 5. The molecule has 1 aliphatic heterocycles. The first kappa shape index (κ1) is 21.4. The molecule has 0 aliphatic carbocycles. The molecule has 160 valence electrons. The molecule has 0 saturated carbocycles. The van der Waals surface area contributed by atoms with E-state index in [1.807, 2.05) is 0 Å². The van der Waals surface area contributed by atoms with Crippen molar-refractivity contribution in [3.05, 3.63) is 31.3 Å². The topological polar surface area (TPSA) is 85.6 Å². The van der Waals surface area contributed by atoms with Crippen molar-refractivity contribution in [3.63, 3.8) is 0 Å². The molecule has 2 aromatic rings. The van der Waals surface area contributed by atoms with Gasteiger partial charge in [0.15, 0.2) is 0 Å². The number of alkyl halides is 3. The highest BCUT2D eigenvalue weighted by molar-refractivity contribution is 7.18. The zero-order chi connectivity index (χ0) is 21.3. The van der Waals surface area contributed by atoms with Gasteiger partial charge in [0.2, 0.25) is 0 Å². The third-order valence-corrected chi connectivity index (χ3v) is 6.11. The number of thiophene rings is 1. The summed E-state index contributed by atoms with van der Waals surface area (Å²) in [7, 11) is 1.40. The Morgan fingerprint density at radius 1 is 1.17 bits per heavy atom. The molecule has 1 N–H and O–H groups in total. The summed E-state index contributed by atoms with van der Waals surface area (Å²) in [6, 6.07) is -0.242. The number of nitrogens with zero attached hydrogens (tertiary/aromatic N) is 3. The SMILES string of the molecule is COCCn1c(=O)c2c(C)c(CN3CCNC3=O)sc2n(CCC(F)(F)F)c1=O. The van der Waals surface area contributed by atoms with Crippen LogP contribution >= 0.6 is 11.3 Å². The van der Waals surface area contributed by atoms with Crippen LogP contribution < -0.4 is 16.6 Å². The Morgan fingerprint density at radius 2 is 1.90 bits per heavy atom. The van der Waals surface area contributed by atoms with Crippen LogP contribution in [-0.2, 0) is 24.4 Å². The molecular weight excluding hydrogens is 413 g/mol. The van der Waals surface area contributed by atoms with Crippen LogP contribution in [0.2, 0.25) is 0 Å². The van der Waals surface area contributed by atoms with E-state index in [1.54, 1.807) is 11.8 Å². The molecule has 1 saturated heterocycles. The molecule has 0 atom stereocenters. The number of urea groups is 1. The van der Waals surface area contributed by atoms with E-state index < -0.39 is 30.4 Å². The lowest BCUT2D eigenvalue weighted by Crippen LogP contribution is -2.41. The number of rotatable bonds is 7. The molecule has 8 nitrogen and oxygen atoms in total. The third kappa shape index (κ3) is 4.32. The maximum absolute atomic E-state index is 12.9. The fourth-order valence-corrected chi connectivity index (χ4v) is 4.57. The molecule has 3 rings (SSSR count). The van der Waals surface area contributed by atoms with Crippen LogP contribution in [0.1, 0.15) is 16.9 Å². The number of carbonyl (C=O) groups excluding carboxylic acids is 1. The minimum absolute atomic E-state index is 0.0602. The predicted octanol–water partition coefficient (Wildman–Crippen LogP) is 1.66. The first-order chi connectivity index (χ1) is 13.6. The van der Waals surface area contributed by atoms with E-state index >= 15 is 0 Å². The van der Waals surface area contributed by atoms with Crippen molar-refractivity contribution in [1.29, 1.82) is 0 Å². The van der Waals surface area contributed by atoms with Gasteiger partial charge in [-0.3, -0.25) is 13.9 Å². The number of aromatic nitrogens is 2. The first-order valence-electron chi connectivity index (χ1n) is 8.98. The average Bonchev–Trinajstić information content (AvgIpc) is 3.18. The lowest BCUT2D eigenvalue weighted by Gasteiger charge is -2.13. The van der Waals surface area contributed by atoms with Gasteiger partial charge in [0.25, 0.3) is 5.56 Å². The van der Waals surface area contributed by atoms with Crippen molar-refractivity contribution in [3.8, 4) is 0 Å². The lowest BCUT2D eigenvalue weighted by atomic mass is 10.2. The van der Waals surface area contributed by atoms with Crippen LogP contribution in [0.4, 0.5) is 18.0 Å². The lowest BCUT2D eigenvalue weighted by molar-refractivity contribution is -0.136. The van der Waals surface area contributed by atoms with Crippen LogP contribution in [-0.4, -0.2) is 53.0 Å². The van der Waals surface area contributed by atoms with Gasteiger partial charge in [0.05, 0.1) is 31.5 Å². The van der Waals surface area contributed by atoms with Gasteiger partial charge >= 0.3 is 17.9 Å². The molecule has 12 heteroatoms. The van der Waals surface area contributed by atoms with E-state index in [0.717, 1.165) is 20.5 Å². The summed E-state index contributed by atoms with van der Waals surface area (Å²) in [5.41, 5.74) is -0.784. The molecular formula is C17H21F3N4O4S. The number of carbonyl (C=O) groups is 1. The second kappa shape index (κ2) is 8.19. The highest BCUT2D eigenvalue weighted by Gasteiger charge is 2.29. The normalized spacial score (nSPS) is 14.8. The summed E-state index contributed by atoms with van der Waals surface area (Å²) in [4.78, 5) is 40.0. The van der Waals surface area contributed by atoms with Gasteiger partial charge in [0.1, 0.15) is 4.83 Å². The molecule has 3 heterocycles. The highest BCUT2D eigenvalue weighted by Crippen LogP contribution is 2.30. The number of ether oxygens (including phenoxy) is 1. The van der Waals surface area contributed by atoms with Crippen LogP contribution in [0.3, 0.4) is 0 Å². The molecule has 2 amide bonds. The molecule has 1 fully saturated rings. The largest absolute Gasteiger partial charge is 0.390 e. The zero-order valence-corrected chi connectivity index (χ0v) is 16.8. The van der Waals surface area contributed by atoms with Gasteiger partial charge in [-0.25, -0.2) is 9.59 Å². The quantitative estimate of drug-likeness (QED) is 0.718. The summed E-state index contributed by atoms with van der Waals surface area (Å²) in [6.45, 7) is 2.33. The molecule has 0 unspecified atom stereocenters. The minimum atomic E-state index is -4.44. The average molecular weight is 434 g/mol. The second-order valence-electron chi connectivity index (χ2n) is 6.73. The first-order valence-corrected chi connectivity index (χ1v) is 9.79. The molecule has 0 radical (unpaired) electrons. The Bertz CT molecular complexity index is 1040. The zero-order valence-electron chi connectivity index (χ0n) is 16.0. The van der Waals surface area contributed by atoms with E-state index in [1.165, 1.54) is 7.11 Å². The summed E-state index contributed by atoms with van der Waals surface area (Å²) in [6.07, 6.45) is -5.63. The number of nitrogens with one attached hydrogen (secondary N) is 1. The number of hydrogen-bond donors (Lipinski definition) is 1. The second-order valence-corrected chi connectivity index (χ2v) is 7.82. The molecule has 0 bridgehead atoms. The third-order valence-electron chi connectivity index (χ3n) is 4.81. The molecule has 1 aliphatic rings. The van der Waals surface area contributed by atoms with Crippen molar-refractivity contribution >= 4 is 27.6 Å². The van der Waals surface area contributed by atoms with E-state index in [-0.39, 0.29) is 35.9 Å². The standard InChI is InChI=1S/C17H21F3N4O4S/c1-10-11(9-22-6-4-21-15(22)26)29-14-12(10)13(25)23(7-8-28-2)16(27)24(14)5-3-17(18,19)20/h3-9H2,1-2H3,(H,21,26). The molecule has 29 heavy (non-hydrogen) atoms. The predicted molar refractivity (Wildman–Crippen MR) is 101 cm³/mol. The molecule has 2 aromatic heterocycles. The summed E-state index contributed by atoms with van der Waals surface area (Å²) >= 11 is 1.08. The Kier molecular flexibility index (Phi) is 6.03. The summed E-state index contributed by atoms with van der Waals surface area (Å²) < 4.78 is 45.2. The number of fused-ring (bicyclic) bond motifs is 1. The number of halogens is 3. The van der Waals surface area contributed by atoms with E-state index in [2.05, 4.69) is 5.32 Å². The van der Waals surface area contributed by atoms with Crippen LogP contribution in [0.25, 0.3) is 10.2 Å². The number of amides is 2. The number of methoxy groups -OCH3 is 1. The van der Waals surface area contributed by atoms with Crippen molar-refractivity contribution in [2.45, 2.75) is 39.2 Å². The van der Waals surface area contributed by atoms with Crippen molar-refractivity contribution in [2.75, 3.05) is 26.8 Å². The van der Waals surface area contributed by atoms with Crippen LogP contribution in [0, 0.1) is 6.92 Å². The minimum Gasteiger partial charge on any atom is -0.383 e. The van der Waals surface area contributed by atoms with Crippen molar-refractivity contribution in [1.82, 2.24) is 19.4 Å². The molecule has 0 spiro atoms. The van der Waals surface area contributed by atoms with Crippen molar-refractivity contribution < 1.29 is 22.7 Å². The van der Waals surface area contributed by atoms with Crippen LogP contribution in [0.15, 0.2) is 9.59 Å². The maximum atomic E-state index is 12.9. The maximum Gasteiger partial charge on any atom is 0.390 e. The summed E-state index contributed by atoms with van der Waals surface area (Å²) in [5.74, 6) is 0. The van der Waals surface area contributed by atoms with Crippen molar-refractivity contribution in [2.24, 2.45) is 0 Å². The van der Waals surface area contributed by atoms with Gasteiger partial charge < -0.3 is 15.0 Å². The Labute approximate surface area is 167 Å². The number of aryl methyl sites for hydroxylation is 2. The smallest absolute Gasteiger partial charge is 0.383 e.